The van der Waals surface area contributed by atoms with E-state index in [1.165, 1.54) is 19.3 Å². The molecule has 0 aliphatic carbocycles. The van der Waals surface area contributed by atoms with Crippen LogP contribution in [0.3, 0.4) is 0 Å². The largest absolute Gasteiger partial charge is 0.486 e. The molecule has 1 aliphatic rings. The van der Waals surface area contributed by atoms with E-state index in [1.807, 2.05) is 12.1 Å². The van der Waals surface area contributed by atoms with Crippen molar-refractivity contribution >= 4 is 11.6 Å². The van der Waals surface area contributed by atoms with Crippen molar-refractivity contribution in [3.05, 3.63) is 22.7 Å². The molecule has 1 aliphatic heterocycles. The van der Waals surface area contributed by atoms with Gasteiger partial charge in [-0.2, -0.15) is 0 Å². The zero-order valence-corrected chi connectivity index (χ0v) is 11.6. The molecule has 0 spiro atoms. The van der Waals surface area contributed by atoms with E-state index >= 15 is 0 Å². The Labute approximate surface area is 113 Å². The van der Waals surface area contributed by atoms with Gasteiger partial charge in [0.05, 0.1) is 5.02 Å². The van der Waals surface area contributed by atoms with Gasteiger partial charge in [-0.3, -0.25) is 0 Å². The predicted molar refractivity (Wildman–Crippen MR) is 73.7 cm³/mol. The number of hydrogen-bond donors (Lipinski definition) is 1. The summed E-state index contributed by atoms with van der Waals surface area (Å²) >= 11 is 6.18. The molecule has 3 nitrogen and oxygen atoms in total. The van der Waals surface area contributed by atoms with Crippen molar-refractivity contribution in [2.24, 2.45) is 0 Å². The van der Waals surface area contributed by atoms with E-state index < -0.39 is 0 Å². The molecule has 4 heteroatoms. The lowest BCUT2D eigenvalue weighted by atomic mass is 10.2. The maximum Gasteiger partial charge on any atom is 0.179 e. The van der Waals surface area contributed by atoms with Crippen LogP contribution < -0.4 is 14.8 Å². The highest BCUT2D eigenvalue weighted by molar-refractivity contribution is 6.32. The lowest BCUT2D eigenvalue weighted by Gasteiger charge is -2.20. The Bertz CT molecular complexity index is 396. The van der Waals surface area contributed by atoms with Crippen LogP contribution in [-0.4, -0.2) is 19.8 Å². The van der Waals surface area contributed by atoms with Crippen LogP contribution in [0, 0.1) is 0 Å². The van der Waals surface area contributed by atoms with Gasteiger partial charge in [-0.15, -0.1) is 0 Å². The molecule has 0 amide bonds. The lowest BCUT2D eigenvalue weighted by molar-refractivity contribution is 0.171. The number of benzene rings is 1. The van der Waals surface area contributed by atoms with Gasteiger partial charge in [0.1, 0.15) is 13.2 Å². The van der Waals surface area contributed by atoms with Gasteiger partial charge in [0, 0.05) is 6.54 Å². The molecule has 0 bridgehead atoms. The number of unbranched alkanes of at least 4 members (excludes halogenated alkanes) is 2. The summed E-state index contributed by atoms with van der Waals surface area (Å²) in [5, 5.41) is 4.05. The van der Waals surface area contributed by atoms with Crippen LogP contribution >= 0.6 is 11.6 Å². The van der Waals surface area contributed by atoms with E-state index in [-0.39, 0.29) is 0 Å². The van der Waals surface area contributed by atoms with Crippen LogP contribution in [0.25, 0.3) is 0 Å². The molecule has 2 rings (SSSR count). The summed E-state index contributed by atoms with van der Waals surface area (Å²) in [6, 6.07) is 3.95. The van der Waals surface area contributed by atoms with E-state index in [4.69, 9.17) is 21.1 Å². The Balaban J connectivity index is 1.91. The number of rotatable bonds is 6. The monoisotopic (exact) mass is 269 g/mol. The molecule has 1 aromatic rings. The van der Waals surface area contributed by atoms with E-state index in [9.17, 15) is 0 Å². The Morgan fingerprint density at radius 1 is 1.22 bits per heavy atom. The first-order chi connectivity index (χ1) is 8.81. The van der Waals surface area contributed by atoms with Gasteiger partial charge in [-0.1, -0.05) is 31.4 Å². The summed E-state index contributed by atoms with van der Waals surface area (Å²) in [6.07, 6.45) is 3.74. The van der Waals surface area contributed by atoms with Crippen molar-refractivity contribution < 1.29 is 9.47 Å². The predicted octanol–water partition coefficient (Wildman–Crippen LogP) is 3.39. The Kier molecular flexibility index (Phi) is 5.14. The molecular formula is C14H20ClNO2. The number of hydrogen-bond acceptors (Lipinski definition) is 3. The minimum absolute atomic E-state index is 0.571. The Morgan fingerprint density at radius 3 is 2.89 bits per heavy atom. The van der Waals surface area contributed by atoms with Gasteiger partial charge in [0.25, 0.3) is 0 Å². The van der Waals surface area contributed by atoms with Crippen LogP contribution in [-0.2, 0) is 6.54 Å². The van der Waals surface area contributed by atoms with Gasteiger partial charge in [0.15, 0.2) is 11.5 Å². The average molecular weight is 270 g/mol. The van der Waals surface area contributed by atoms with Crippen molar-refractivity contribution in [3.8, 4) is 11.5 Å². The first kappa shape index (κ1) is 13.5. The SMILES string of the molecule is CCCCCNCc1cc(Cl)c2c(c1)OCCO2. The minimum Gasteiger partial charge on any atom is -0.486 e. The van der Waals surface area contributed by atoms with E-state index in [1.54, 1.807) is 0 Å². The molecular weight excluding hydrogens is 250 g/mol. The van der Waals surface area contributed by atoms with Gasteiger partial charge in [-0.05, 0) is 30.7 Å². The third-order valence-electron chi connectivity index (χ3n) is 2.94. The van der Waals surface area contributed by atoms with Gasteiger partial charge >= 0.3 is 0 Å². The standard InChI is InChI=1S/C14H20ClNO2/c1-2-3-4-5-16-10-11-8-12(15)14-13(9-11)17-6-7-18-14/h8-9,16H,2-7,10H2,1H3. The first-order valence-electron chi connectivity index (χ1n) is 6.60. The smallest absolute Gasteiger partial charge is 0.179 e. The van der Waals surface area contributed by atoms with Gasteiger partial charge in [0.2, 0.25) is 0 Å². The number of halogens is 1. The second kappa shape index (κ2) is 6.86. The zero-order valence-electron chi connectivity index (χ0n) is 10.8. The highest BCUT2D eigenvalue weighted by Gasteiger charge is 2.16. The summed E-state index contributed by atoms with van der Waals surface area (Å²) in [5.41, 5.74) is 1.14. The molecule has 0 saturated carbocycles. The maximum atomic E-state index is 6.18. The molecule has 1 aromatic carbocycles. The summed E-state index contributed by atoms with van der Waals surface area (Å²) in [6.45, 7) is 5.23. The first-order valence-corrected chi connectivity index (χ1v) is 6.98. The van der Waals surface area contributed by atoms with Gasteiger partial charge in [-0.25, -0.2) is 0 Å². The minimum atomic E-state index is 0.571. The normalized spacial score (nSPS) is 13.7. The summed E-state index contributed by atoms with van der Waals surface area (Å²) < 4.78 is 11.0. The molecule has 100 valence electrons. The van der Waals surface area contributed by atoms with Crippen molar-refractivity contribution in [1.82, 2.24) is 5.32 Å². The van der Waals surface area contributed by atoms with Crippen LogP contribution in [0.5, 0.6) is 11.5 Å². The number of nitrogens with one attached hydrogen (secondary N) is 1. The summed E-state index contributed by atoms with van der Waals surface area (Å²) in [7, 11) is 0. The fourth-order valence-corrected chi connectivity index (χ4v) is 2.29. The quantitative estimate of drug-likeness (QED) is 0.803. The molecule has 0 fully saturated rings. The second-order valence-corrected chi connectivity index (χ2v) is 4.89. The number of ether oxygens (including phenoxy) is 2. The van der Waals surface area contributed by atoms with Crippen molar-refractivity contribution in [2.75, 3.05) is 19.8 Å². The highest BCUT2D eigenvalue weighted by atomic mass is 35.5. The molecule has 18 heavy (non-hydrogen) atoms. The Morgan fingerprint density at radius 2 is 2.06 bits per heavy atom. The molecule has 0 unspecified atom stereocenters. The van der Waals surface area contributed by atoms with Crippen LogP contribution in [0.15, 0.2) is 12.1 Å². The molecule has 0 radical (unpaired) electrons. The second-order valence-electron chi connectivity index (χ2n) is 4.49. The van der Waals surface area contributed by atoms with E-state index in [2.05, 4.69) is 12.2 Å². The molecule has 1 N–H and O–H groups in total. The lowest BCUT2D eigenvalue weighted by Crippen LogP contribution is -2.17. The molecule has 0 atom stereocenters. The molecule has 0 aromatic heterocycles. The van der Waals surface area contributed by atoms with E-state index in [0.717, 1.165) is 24.4 Å². The molecule has 0 saturated heterocycles. The Hall–Kier alpha value is -0.930. The summed E-state index contributed by atoms with van der Waals surface area (Å²) in [4.78, 5) is 0. The van der Waals surface area contributed by atoms with Crippen LogP contribution in [0.1, 0.15) is 31.7 Å². The van der Waals surface area contributed by atoms with Crippen molar-refractivity contribution in [2.45, 2.75) is 32.7 Å². The summed E-state index contributed by atoms with van der Waals surface area (Å²) in [5.74, 6) is 1.44. The maximum absolute atomic E-state index is 6.18. The fourth-order valence-electron chi connectivity index (χ4n) is 2.00. The number of fused-ring (bicyclic) bond motifs is 1. The van der Waals surface area contributed by atoms with E-state index in [0.29, 0.717) is 24.0 Å². The van der Waals surface area contributed by atoms with Gasteiger partial charge < -0.3 is 14.8 Å². The fraction of sp³-hybridized carbons (Fsp3) is 0.571. The van der Waals surface area contributed by atoms with Crippen LogP contribution in [0.4, 0.5) is 0 Å². The zero-order chi connectivity index (χ0) is 12.8. The van der Waals surface area contributed by atoms with Crippen molar-refractivity contribution in [1.29, 1.82) is 0 Å². The van der Waals surface area contributed by atoms with Crippen LogP contribution in [0.2, 0.25) is 5.02 Å². The third kappa shape index (κ3) is 3.53. The van der Waals surface area contributed by atoms with Crippen molar-refractivity contribution in [3.63, 3.8) is 0 Å². The third-order valence-corrected chi connectivity index (χ3v) is 3.22. The average Bonchev–Trinajstić information content (AvgIpc) is 2.39. The topological polar surface area (TPSA) is 30.5 Å². The highest BCUT2D eigenvalue weighted by Crippen LogP contribution is 2.38. The molecule has 1 heterocycles.